The summed E-state index contributed by atoms with van der Waals surface area (Å²) in [5.41, 5.74) is 2.46. The molecule has 1 aromatic heterocycles. The fourth-order valence-corrected chi connectivity index (χ4v) is 4.83. The van der Waals surface area contributed by atoms with E-state index in [4.69, 9.17) is 40.2 Å². The Morgan fingerprint density at radius 1 is 0.892 bits per heavy atom. The summed E-state index contributed by atoms with van der Waals surface area (Å²) in [5.74, 6) is -0.301. The summed E-state index contributed by atoms with van der Waals surface area (Å²) in [5, 5.41) is 10.00. The van der Waals surface area contributed by atoms with Crippen molar-refractivity contribution in [1.82, 2.24) is 14.0 Å². The molecule has 4 rings (SSSR count). The Morgan fingerprint density at radius 3 is 2.27 bits per heavy atom. The number of halogens is 5. The van der Waals surface area contributed by atoms with Gasteiger partial charge in [0.1, 0.15) is 0 Å². The Bertz CT molecular complexity index is 1470. The second kappa shape index (κ2) is 13.6. The number of carbonyl (C=O) groups is 2. The van der Waals surface area contributed by atoms with Crippen molar-refractivity contribution < 1.29 is 9.59 Å². The minimum absolute atomic E-state index is 0. The molecule has 3 aromatic carbocycles. The number of fused-ring (bicyclic) bond motifs is 1. The number of ketones is 1. The molecule has 0 saturated heterocycles. The van der Waals surface area contributed by atoms with Crippen molar-refractivity contribution in [2.75, 3.05) is 13.6 Å². The first-order valence-corrected chi connectivity index (χ1v) is 12.1. The normalized spacial score (nSPS) is 10.5. The molecule has 11 heteroatoms. The largest absolute Gasteiger partial charge is 0.342 e. The Hall–Kier alpha value is -2.10. The monoisotopic (exact) mass is 688 g/mol. The van der Waals surface area contributed by atoms with Gasteiger partial charge in [-0.2, -0.15) is 0 Å². The van der Waals surface area contributed by atoms with Crippen LogP contribution in [0.1, 0.15) is 27.1 Å². The van der Waals surface area contributed by atoms with Crippen molar-refractivity contribution in [2.45, 2.75) is 19.5 Å². The molecule has 0 atom stereocenters. The van der Waals surface area contributed by atoms with Gasteiger partial charge >= 0.3 is 0 Å². The molecule has 1 amide bonds. The lowest BCUT2D eigenvalue weighted by molar-refractivity contribution is 0.0791. The van der Waals surface area contributed by atoms with Crippen LogP contribution in [-0.2, 0) is 13.1 Å². The molecule has 4 aromatic rings. The predicted octanol–water partition coefficient (Wildman–Crippen LogP) is 7.08. The van der Waals surface area contributed by atoms with Crippen LogP contribution in [0, 0.1) is 5.41 Å². The van der Waals surface area contributed by atoms with Crippen LogP contribution < -0.4 is 5.62 Å². The third kappa shape index (κ3) is 6.86. The molecule has 0 bridgehead atoms. The van der Waals surface area contributed by atoms with Crippen LogP contribution in [0.25, 0.3) is 11.0 Å². The molecular formula is C26H25Br2Cl3N4O2. The number of aryl methyl sites for hydroxylation is 1. The number of hydrogen-bond donors (Lipinski definition) is 1. The lowest BCUT2D eigenvalue weighted by Gasteiger charge is -2.17. The maximum atomic E-state index is 13.0. The van der Waals surface area contributed by atoms with E-state index in [1.165, 1.54) is 6.07 Å². The van der Waals surface area contributed by atoms with Gasteiger partial charge in [0.05, 0.1) is 27.6 Å². The highest BCUT2D eigenvalue weighted by atomic mass is 79.9. The fraction of sp³-hybridized carbons (Fsp3) is 0.192. The highest BCUT2D eigenvalue weighted by molar-refractivity contribution is 8.93. The molecule has 0 aliphatic heterocycles. The molecule has 0 fully saturated rings. The van der Waals surface area contributed by atoms with Gasteiger partial charge < -0.3 is 14.0 Å². The molecule has 196 valence electrons. The molecule has 0 unspecified atom stereocenters. The number of aromatic nitrogens is 2. The summed E-state index contributed by atoms with van der Waals surface area (Å²) in [6.45, 7) is 0.876. The van der Waals surface area contributed by atoms with Gasteiger partial charge in [-0.25, -0.2) is 0 Å². The van der Waals surface area contributed by atoms with Gasteiger partial charge in [0.15, 0.2) is 5.78 Å². The standard InChI is InChI=1S/C26H23Cl3N4O2.2BrH/c1-31(25(35)17-7-3-2-4-8-17)13-6-14-32-24-20(28)9-5-10-22(24)33(26(32)30)16-23(34)19-12-11-18(27)15-21(19)29;;/h2-5,7-12,15,30H,6,13-14,16H2,1H3;2*1H. The van der Waals surface area contributed by atoms with E-state index in [1.807, 2.05) is 24.3 Å². The number of nitrogens with one attached hydrogen (secondary N) is 1. The molecule has 37 heavy (non-hydrogen) atoms. The van der Waals surface area contributed by atoms with E-state index >= 15 is 0 Å². The van der Waals surface area contributed by atoms with E-state index in [9.17, 15) is 9.59 Å². The number of carbonyl (C=O) groups excluding carboxylic acids is 2. The van der Waals surface area contributed by atoms with Crippen LogP contribution in [0.15, 0.2) is 66.7 Å². The van der Waals surface area contributed by atoms with Crippen LogP contribution in [0.3, 0.4) is 0 Å². The van der Waals surface area contributed by atoms with Crippen LogP contribution in [-0.4, -0.2) is 39.3 Å². The summed E-state index contributed by atoms with van der Waals surface area (Å²) in [4.78, 5) is 27.3. The fourth-order valence-electron chi connectivity index (χ4n) is 4.05. The number of imidazole rings is 1. The number of rotatable bonds is 8. The molecular weight excluding hydrogens is 666 g/mol. The molecule has 1 heterocycles. The molecule has 0 spiro atoms. The maximum Gasteiger partial charge on any atom is 0.253 e. The number of amides is 1. The molecule has 6 nitrogen and oxygen atoms in total. The summed E-state index contributed by atoms with van der Waals surface area (Å²) in [6, 6.07) is 19.2. The van der Waals surface area contributed by atoms with Crippen LogP contribution in [0.2, 0.25) is 15.1 Å². The minimum atomic E-state index is -0.239. The topological polar surface area (TPSA) is 71.1 Å². The first-order valence-electron chi connectivity index (χ1n) is 11.0. The van der Waals surface area contributed by atoms with Crippen molar-refractivity contribution in [1.29, 1.82) is 5.41 Å². The van der Waals surface area contributed by atoms with E-state index in [-0.39, 0.29) is 62.8 Å². The van der Waals surface area contributed by atoms with Gasteiger partial charge in [-0.1, -0.05) is 59.1 Å². The highest BCUT2D eigenvalue weighted by Gasteiger charge is 2.19. The number of para-hydroxylation sites is 1. The van der Waals surface area contributed by atoms with E-state index in [0.29, 0.717) is 51.7 Å². The second-order valence-electron chi connectivity index (χ2n) is 8.16. The third-order valence-electron chi connectivity index (χ3n) is 5.81. The van der Waals surface area contributed by atoms with E-state index in [0.717, 1.165) is 0 Å². The third-order valence-corrected chi connectivity index (χ3v) is 6.67. The summed E-state index contributed by atoms with van der Waals surface area (Å²) >= 11 is 18.7. The zero-order valence-corrected chi connectivity index (χ0v) is 25.5. The lowest BCUT2D eigenvalue weighted by Crippen LogP contribution is -2.31. The van der Waals surface area contributed by atoms with Gasteiger partial charge in [-0.3, -0.25) is 15.0 Å². The van der Waals surface area contributed by atoms with Crippen LogP contribution in [0.4, 0.5) is 0 Å². The average molecular weight is 692 g/mol. The number of Topliss-reactive ketones (excluding diaryl/α,β-unsaturated/α-hetero) is 1. The first kappa shape index (κ1) is 31.1. The number of hydrogen-bond acceptors (Lipinski definition) is 3. The van der Waals surface area contributed by atoms with Crippen molar-refractivity contribution in [3.8, 4) is 0 Å². The summed E-state index contributed by atoms with van der Waals surface area (Å²) < 4.78 is 3.39. The Morgan fingerprint density at radius 2 is 1.59 bits per heavy atom. The Balaban J connectivity index is 0.00000241. The average Bonchev–Trinajstić information content (AvgIpc) is 3.11. The highest BCUT2D eigenvalue weighted by Crippen LogP contribution is 2.25. The predicted molar refractivity (Wildman–Crippen MR) is 160 cm³/mol. The number of benzene rings is 3. The molecule has 0 radical (unpaired) electrons. The summed E-state index contributed by atoms with van der Waals surface area (Å²) in [7, 11) is 1.76. The van der Waals surface area contributed by atoms with Crippen LogP contribution >= 0.6 is 68.8 Å². The maximum absolute atomic E-state index is 13.0. The van der Waals surface area contributed by atoms with Gasteiger partial charge in [0, 0.05) is 36.3 Å². The second-order valence-corrected chi connectivity index (χ2v) is 9.41. The first-order chi connectivity index (χ1) is 16.8. The lowest BCUT2D eigenvalue weighted by atomic mass is 10.1. The van der Waals surface area contributed by atoms with Crippen molar-refractivity contribution in [3.05, 3.63) is 98.5 Å². The zero-order valence-electron chi connectivity index (χ0n) is 19.8. The Kier molecular flexibility index (Phi) is 11.5. The molecule has 1 N–H and O–H groups in total. The molecule has 0 aliphatic rings. The number of nitrogens with zero attached hydrogens (tertiary/aromatic N) is 3. The van der Waals surface area contributed by atoms with Crippen LogP contribution in [0.5, 0.6) is 0 Å². The van der Waals surface area contributed by atoms with E-state index in [1.54, 1.807) is 57.5 Å². The van der Waals surface area contributed by atoms with Crippen molar-refractivity contribution in [2.24, 2.45) is 0 Å². The summed E-state index contributed by atoms with van der Waals surface area (Å²) in [6.07, 6.45) is 0.604. The van der Waals surface area contributed by atoms with Gasteiger partial charge in [0.2, 0.25) is 5.62 Å². The van der Waals surface area contributed by atoms with Crippen molar-refractivity contribution in [3.63, 3.8) is 0 Å². The van der Waals surface area contributed by atoms with Gasteiger partial charge in [-0.05, 0) is 48.9 Å². The smallest absolute Gasteiger partial charge is 0.253 e. The minimum Gasteiger partial charge on any atom is -0.342 e. The van der Waals surface area contributed by atoms with Crippen molar-refractivity contribution >= 4 is 91.5 Å². The Labute approximate surface area is 250 Å². The quantitative estimate of drug-likeness (QED) is 0.201. The molecule has 0 saturated carbocycles. The molecule has 0 aliphatic carbocycles. The van der Waals surface area contributed by atoms with Gasteiger partial charge in [-0.15, -0.1) is 34.0 Å². The van der Waals surface area contributed by atoms with E-state index in [2.05, 4.69) is 0 Å². The zero-order chi connectivity index (χ0) is 25.1. The van der Waals surface area contributed by atoms with E-state index < -0.39 is 0 Å². The SMILES string of the molecule is Br.Br.CN(CCCn1c(=N)n(CC(=O)c2ccc(Cl)cc2Cl)c2cccc(Cl)c21)C(=O)c1ccccc1. The van der Waals surface area contributed by atoms with Gasteiger partial charge in [0.25, 0.3) is 5.91 Å².